The first-order valence-electron chi connectivity index (χ1n) is 5.39. The van der Waals surface area contributed by atoms with E-state index in [1.807, 2.05) is 6.07 Å². The third-order valence-corrected chi connectivity index (χ3v) is 3.19. The fraction of sp³-hybridized carbons (Fsp3) is 0.500. The van der Waals surface area contributed by atoms with E-state index < -0.39 is 5.82 Å². The lowest BCUT2D eigenvalue weighted by Gasteiger charge is -2.24. The predicted molar refractivity (Wildman–Crippen MR) is 57.6 cm³/mol. The van der Waals surface area contributed by atoms with Gasteiger partial charge in [-0.25, -0.2) is 4.39 Å². The summed E-state index contributed by atoms with van der Waals surface area (Å²) in [4.78, 5) is 0. The first kappa shape index (κ1) is 10.4. The van der Waals surface area contributed by atoms with Gasteiger partial charge >= 0.3 is 0 Å². The second-order valence-corrected chi connectivity index (χ2v) is 4.14. The first-order chi connectivity index (χ1) is 7.20. The Labute approximate surface area is 89.1 Å². The first-order valence-corrected chi connectivity index (χ1v) is 5.39. The summed E-state index contributed by atoms with van der Waals surface area (Å²) in [6, 6.07) is 3.31. The Morgan fingerprint density at radius 2 is 2.00 bits per heavy atom. The molecular formula is C12H16FNO. The highest BCUT2D eigenvalue weighted by atomic mass is 19.1. The SMILES string of the molecule is Cc1c(C2CCNCC2)ccc(O)c1F. The zero-order valence-corrected chi connectivity index (χ0v) is 8.89. The molecule has 0 aliphatic carbocycles. The van der Waals surface area contributed by atoms with Crippen molar-refractivity contribution in [1.29, 1.82) is 0 Å². The molecule has 1 fully saturated rings. The van der Waals surface area contributed by atoms with Gasteiger partial charge in [-0.1, -0.05) is 6.07 Å². The molecule has 1 aromatic carbocycles. The molecule has 1 aliphatic rings. The van der Waals surface area contributed by atoms with Gasteiger partial charge in [0.25, 0.3) is 0 Å². The molecule has 0 atom stereocenters. The minimum Gasteiger partial charge on any atom is -0.505 e. The van der Waals surface area contributed by atoms with Crippen molar-refractivity contribution in [2.75, 3.05) is 13.1 Å². The Morgan fingerprint density at radius 3 is 2.67 bits per heavy atom. The van der Waals surface area contributed by atoms with E-state index in [2.05, 4.69) is 5.32 Å². The molecule has 0 radical (unpaired) electrons. The molecule has 1 heterocycles. The molecule has 1 saturated heterocycles. The van der Waals surface area contributed by atoms with Crippen LogP contribution in [0.4, 0.5) is 4.39 Å². The summed E-state index contributed by atoms with van der Waals surface area (Å²) in [6.45, 7) is 3.73. The van der Waals surface area contributed by atoms with E-state index >= 15 is 0 Å². The van der Waals surface area contributed by atoms with Gasteiger partial charge in [-0.15, -0.1) is 0 Å². The molecule has 1 aromatic rings. The number of benzene rings is 1. The minimum absolute atomic E-state index is 0.245. The van der Waals surface area contributed by atoms with Crippen molar-refractivity contribution >= 4 is 0 Å². The normalized spacial score (nSPS) is 18.0. The van der Waals surface area contributed by atoms with Gasteiger partial charge in [0, 0.05) is 0 Å². The maximum absolute atomic E-state index is 13.5. The van der Waals surface area contributed by atoms with E-state index in [-0.39, 0.29) is 5.75 Å². The minimum atomic E-state index is -0.467. The van der Waals surface area contributed by atoms with Crippen LogP contribution in [0.1, 0.15) is 29.9 Å². The Kier molecular flexibility index (Phi) is 2.91. The van der Waals surface area contributed by atoms with Crippen molar-refractivity contribution in [3.8, 4) is 5.75 Å². The van der Waals surface area contributed by atoms with E-state index in [1.165, 1.54) is 6.07 Å². The van der Waals surface area contributed by atoms with E-state index in [1.54, 1.807) is 6.92 Å². The average Bonchev–Trinajstić information content (AvgIpc) is 2.27. The van der Waals surface area contributed by atoms with Crippen LogP contribution in [0.25, 0.3) is 0 Å². The number of phenolic OH excluding ortho intramolecular Hbond substituents is 1. The third-order valence-electron chi connectivity index (χ3n) is 3.19. The lowest BCUT2D eigenvalue weighted by atomic mass is 9.87. The van der Waals surface area contributed by atoms with Crippen LogP contribution in [0.15, 0.2) is 12.1 Å². The molecule has 2 N–H and O–H groups in total. The van der Waals surface area contributed by atoms with Crippen LogP contribution in [0.5, 0.6) is 5.75 Å². The third kappa shape index (κ3) is 1.97. The Balaban J connectivity index is 2.31. The second-order valence-electron chi connectivity index (χ2n) is 4.14. The predicted octanol–water partition coefficient (Wildman–Crippen LogP) is 2.31. The van der Waals surface area contributed by atoms with Gasteiger partial charge in [-0.05, 0) is 56.0 Å². The molecule has 0 unspecified atom stereocenters. The fourth-order valence-corrected chi connectivity index (χ4v) is 2.26. The molecule has 0 amide bonds. The van der Waals surface area contributed by atoms with Gasteiger partial charge in [0.15, 0.2) is 11.6 Å². The number of nitrogens with one attached hydrogen (secondary N) is 1. The van der Waals surface area contributed by atoms with Crippen LogP contribution in [-0.2, 0) is 0 Å². The van der Waals surface area contributed by atoms with Gasteiger partial charge < -0.3 is 10.4 Å². The van der Waals surface area contributed by atoms with E-state index in [4.69, 9.17) is 0 Å². The van der Waals surface area contributed by atoms with Gasteiger partial charge in [0.2, 0.25) is 0 Å². The maximum Gasteiger partial charge on any atom is 0.167 e. The van der Waals surface area contributed by atoms with Crippen molar-refractivity contribution in [2.45, 2.75) is 25.7 Å². The smallest absolute Gasteiger partial charge is 0.167 e. The van der Waals surface area contributed by atoms with Crippen LogP contribution in [0.2, 0.25) is 0 Å². The van der Waals surface area contributed by atoms with Gasteiger partial charge in [0.1, 0.15) is 0 Å². The van der Waals surface area contributed by atoms with Crippen molar-refractivity contribution in [3.63, 3.8) is 0 Å². The summed E-state index contributed by atoms with van der Waals surface area (Å²) < 4.78 is 13.5. The fourth-order valence-electron chi connectivity index (χ4n) is 2.26. The maximum atomic E-state index is 13.5. The molecule has 0 aromatic heterocycles. The van der Waals surface area contributed by atoms with Crippen LogP contribution in [-0.4, -0.2) is 18.2 Å². The number of halogens is 1. The van der Waals surface area contributed by atoms with Crippen molar-refractivity contribution in [2.24, 2.45) is 0 Å². The van der Waals surface area contributed by atoms with Gasteiger partial charge in [0.05, 0.1) is 0 Å². The largest absolute Gasteiger partial charge is 0.505 e. The van der Waals surface area contributed by atoms with Gasteiger partial charge in [-0.3, -0.25) is 0 Å². The molecule has 0 spiro atoms. The summed E-state index contributed by atoms with van der Waals surface area (Å²) in [7, 11) is 0. The van der Waals surface area contributed by atoms with E-state index in [0.717, 1.165) is 31.5 Å². The van der Waals surface area contributed by atoms with E-state index in [9.17, 15) is 9.50 Å². The van der Waals surface area contributed by atoms with E-state index in [0.29, 0.717) is 11.5 Å². The lowest BCUT2D eigenvalue weighted by Crippen LogP contribution is -2.27. The monoisotopic (exact) mass is 209 g/mol. The average molecular weight is 209 g/mol. The standard InChI is InChI=1S/C12H16FNO/c1-8-10(2-3-11(15)12(8)13)9-4-6-14-7-5-9/h2-3,9,14-15H,4-7H2,1H3. The lowest BCUT2D eigenvalue weighted by molar-refractivity contribution is 0.423. The molecular weight excluding hydrogens is 193 g/mol. The number of rotatable bonds is 1. The molecule has 0 bridgehead atoms. The van der Waals surface area contributed by atoms with Crippen molar-refractivity contribution < 1.29 is 9.50 Å². The number of aromatic hydroxyl groups is 1. The summed E-state index contributed by atoms with van der Waals surface area (Å²) in [5.74, 6) is -0.280. The van der Waals surface area contributed by atoms with Crippen LogP contribution >= 0.6 is 0 Å². The summed E-state index contributed by atoms with van der Waals surface area (Å²) in [5.41, 5.74) is 1.65. The number of phenols is 1. The Hall–Kier alpha value is -1.09. The molecule has 15 heavy (non-hydrogen) atoms. The van der Waals surface area contributed by atoms with Crippen LogP contribution in [0.3, 0.4) is 0 Å². The zero-order valence-electron chi connectivity index (χ0n) is 8.89. The van der Waals surface area contributed by atoms with Crippen LogP contribution in [0, 0.1) is 12.7 Å². The number of hydrogen-bond acceptors (Lipinski definition) is 2. The van der Waals surface area contributed by atoms with Crippen molar-refractivity contribution in [1.82, 2.24) is 5.32 Å². The highest BCUT2D eigenvalue weighted by Crippen LogP contribution is 2.31. The molecule has 1 aliphatic heterocycles. The second kappa shape index (κ2) is 4.19. The quantitative estimate of drug-likeness (QED) is 0.744. The molecule has 0 saturated carbocycles. The number of hydrogen-bond donors (Lipinski definition) is 2. The highest BCUT2D eigenvalue weighted by molar-refractivity contribution is 5.38. The number of piperidine rings is 1. The van der Waals surface area contributed by atoms with Crippen molar-refractivity contribution in [3.05, 3.63) is 29.1 Å². The Morgan fingerprint density at radius 1 is 1.33 bits per heavy atom. The zero-order chi connectivity index (χ0) is 10.8. The molecule has 3 heteroatoms. The summed E-state index contributed by atoms with van der Waals surface area (Å²) in [5, 5.41) is 12.5. The molecule has 2 nitrogen and oxygen atoms in total. The topological polar surface area (TPSA) is 32.3 Å². The molecule has 82 valence electrons. The van der Waals surface area contributed by atoms with Crippen LogP contribution < -0.4 is 5.32 Å². The van der Waals surface area contributed by atoms with Gasteiger partial charge in [-0.2, -0.15) is 0 Å². The summed E-state index contributed by atoms with van der Waals surface area (Å²) in [6.07, 6.45) is 2.09. The summed E-state index contributed by atoms with van der Waals surface area (Å²) >= 11 is 0. The Bertz CT molecular complexity index is 359. The molecule has 2 rings (SSSR count). The highest BCUT2D eigenvalue weighted by Gasteiger charge is 2.19.